The third kappa shape index (κ3) is 4.76. The fourth-order valence-electron chi connectivity index (χ4n) is 4.27. The highest BCUT2D eigenvalue weighted by atomic mass is 32.2. The van der Waals surface area contributed by atoms with Gasteiger partial charge in [0.15, 0.2) is 10.0 Å². The van der Waals surface area contributed by atoms with Crippen molar-refractivity contribution in [3.05, 3.63) is 29.4 Å². The van der Waals surface area contributed by atoms with Crippen molar-refractivity contribution in [1.29, 1.82) is 0 Å². The van der Waals surface area contributed by atoms with Crippen molar-refractivity contribution in [1.82, 2.24) is 24.6 Å². The molecule has 1 saturated carbocycles. The Morgan fingerprint density at radius 1 is 1.20 bits per heavy atom. The van der Waals surface area contributed by atoms with E-state index in [-0.39, 0.29) is 23.0 Å². The Labute approximate surface area is 203 Å². The number of alkyl halides is 4. The second-order valence-electron chi connectivity index (χ2n) is 9.22. The van der Waals surface area contributed by atoms with Gasteiger partial charge in [0.1, 0.15) is 18.2 Å². The Bertz CT molecular complexity index is 1330. The minimum atomic E-state index is -3.95. The van der Waals surface area contributed by atoms with Gasteiger partial charge in [0.2, 0.25) is 10.0 Å². The highest BCUT2D eigenvalue weighted by Gasteiger charge is 2.41. The van der Waals surface area contributed by atoms with Crippen LogP contribution in [0.4, 0.5) is 23.2 Å². The lowest BCUT2D eigenvalue weighted by Crippen LogP contribution is -2.58. The Hall–Kier alpha value is -2.29. The number of anilines is 1. The summed E-state index contributed by atoms with van der Waals surface area (Å²) in [5.74, 6) is 0. The van der Waals surface area contributed by atoms with Crippen molar-refractivity contribution in [2.45, 2.75) is 48.7 Å². The fraction of sp³-hybridized carbons (Fsp3) is 0.524. The summed E-state index contributed by atoms with van der Waals surface area (Å²) in [6.45, 7) is 0.785. The van der Waals surface area contributed by atoms with E-state index in [0.717, 1.165) is 0 Å². The third-order valence-corrected chi connectivity index (χ3v) is 8.88. The lowest BCUT2D eigenvalue weighted by Gasteiger charge is -2.38. The highest BCUT2D eigenvalue weighted by molar-refractivity contribution is 7.89. The second-order valence-corrected chi connectivity index (χ2v) is 11.9. The minimum absolute atomic E-state index is 0.0451. The summed E-state index contributed by atoms with van der Waals surface area (Å²) in [5, 5.41) is 10.1. The lowest BCUT2D eigenvalue weighted by atomic mass is 10.1. The largest absolute Gasteiger partial charge is 0.366 e. The summed E-state index contributed by atoms with van der Waals surface area (Å²) in [7, 11) is -3.95. The predicted octanol–water partition coefficient (Wildman–Crippen LogP) is 3.31. The van der Waals surface area contributed by atoms with Gasteiger partial charge in [-0.15, -0.1) is 10.2 Å². The molecule has 0 spiro atoms. The van der Waals surface area contributed by atoms with Gasteiger partial charge >= 0.3 is 0 Å². The molecule has 2 N–H and O–H groups in total. The number of rotatable bonds is 8. The van der Waals surface area contributed by atoms with Gasteiger partial charge in [-0.05, 0) is 38.0 Å². The Balaban J connectivity index is 1.65. The van der Waals surface area contributed by atoms with Crippen LogP contribution in [0.15, 0.2) is 29.3 Å². The average molecular weight is 533 g/mol. The average Bonchev–Trinajstić information content (AvgIpc) is 3.21. The van der Waals surface area contributed by atoms with Gasteiger partial charge in [-0.25, -0.2) is 30.7 Å². The van der Waals surface area contributed by atoms with Gasteiger partial charge in [-0.3, -0.25) is 0 Å². The number of pyridine rings is 1. The first-order valence-electron chi connectivity index (χ1n) is 11.1. The van der Waals surface area contributed by atoms with Gasteiger partial charge in [-0.2, -0.15) is 0 Å². The molecule has 2 aliphatic rings. The van der Waals surface area contributed by atoms with E-state index in [1.807, 2.05) is 6.92 Å². The van der Waals surface area contributed by atoms with E-state index in [4.69, 9.17) is 0 Å². The molecule has 2 fully saturated rings. The normalized spacial score (nSPS) is 22.3. The van der Waals surface area contributed by atoms with Gasteiger partial charge in [0.05, 0.1) is 29.0 Å². The molecule has 2 atom stereocenters. The number of piperazine rings is 1. The van der Waals surface area contributed by atoms with Crippen molar-refractivity contribution in [2.24, 2.45) is 0 Å². The van der Waals surface area contributed by atoms with Crippen LogP contribution in [-0.2, 0) is 10.0 Å². The van der Waals surface area contributed by atoms with E-state index >= 15 is 0 Å². The first-order valence-corrected chi connectivity index (χ1v) is 13.4. The standard InChI is InChI=1S/C21H24F4N6O2S2/c1-21(4-5-21)29-35(32,33)14-6-17(30-9-12(7-22)26-13(8-23)10-30)15-2-3-16(31(15)11-14)19-27-28-20(34-19)18(24)25/h2-3,6,11-13,18,26,29H,4-5,7-10H2,1H3/t12-,13-/m0/s1. The van der Waals surface area contributed by atoms with Crippen LogP contribution in [-0.4, -0.2) is 67.1 Å². The zero-order valence-electron chi connectivity index (χ0n) is 18.7. The number of sulfonamides is 1. The van der Waals surface area contributed by atoms with Gasteiger partial charge in [-0.1, -0.05) is 11.3 Å². The summed E-state index contributed by atoms with van der Waals surface area (Å²) in [4.78, 5) is 1.71. The zero-order chi connectivity index (χ0) is 25.0. The zero-order valence-corrected chi connectivity index (χ0v) is 20.4. The molecule has 8 nitrogen and oxygen atoms in total. The molecule has 1 aliphatic heterocycles. The molecule has 35 heavy (non-hydrogen) atoms. The molecule has 0 amide bonds. The van der Waals surface area contributed by atoms with Gasteiger partial charge in [0, 0.05) is 24.8 Å². The van der Waals surface area contributed by atoms with Gasteiger partial charge < -0.3 is 14.6 Å². The smallest absolute Gasteiger partial charge is 0.291 e. The van der Waals surface area contributed by atoms with E-state index in [2.05, 4.69) is 20.2 Å². The maximum absolute atomic E-state index is 13.5. The van der Waals surface area contributed by atoms with Crippen molar-refractivity contribution in [3.63, 3.8) is 0 Å². The Kier molecular flexibility index (Phi) is 6.26. The number of nitrogens with one attached hydrogen (secondary N) is 2. The number of aromatic nitrogens is 3. The number of fused-ring (bicyclic) bond motifs is 1. The summed E-state index contributed by atoms with van der Waals surface area (Å²) < 4.78 is 84.1. The molecular formula is C21H24F4N6O2S2. The first-order chi connectivity index (χ1) is 16.6. The van der Waals surface area contributed by atoms with Crippen molar-refractivity contribution in [2.75, 3.05) is 31.3 Å². The lowest BCUT2D eigenvalue weighted by molar-refractivity contribution is 0.150. The Morgan fingerprint density at radius 2 is 1.89 bits per heavy atom. The summed E-state index contributed by atoms with van der Waals surface area (Å²) >= 11 is 0.715. The van der Waals surface area contributed by atoms with Crippen LogP contribution in [0.3, 0.4) is 0 Å². The molecular weight excluding hydrogens is 508 g/mol. The molecule has 1 aliphatic carbocycles. The maximum Gasteiger partial charge on any atom is 0.291 e. The molecule has 5 rings (SSSR count). The molecule has 190 valence electrons. The van der Waals surface area contributed by atoms with Crippen LogP contribution in [0.25, 0.3) is 16.2 Å². The number of nitrogens with zero attached hydrogens (tertiary/aromatic N) is 4. The number of hydrogen-bond donors (Lipinski definition) is 2. The van der Waals surface area contributed by atoms with Crippen LogP contribution >= 0.6 is 11.3 Å². The van der Waals surface area contributed by atoms with Crippen molar-refractivity contribution >= 4 is 32.6 Å². The number of hydrogen-bond acceptors (Lipinski definition) is 7. The SMILES string of the molecule is CC1(NS(=O)(=O)c2cc(N3C[C@H](CF)N[C@@H](CF)C3)c3ccc(-c4nnc(C(F)F)s4)n3c2)CC1. The first kappa shape index (κ1) is 24.4. The molecule has 3 aromatic heterocycles. The minimum Gasteiger partial charge on any atom is -0.366 e. The predicted molar refractivity (Wildman–Crippen MR) is 124 cm³/mol. The molecule has 4 heterocycles. The summed E-state index contributed by atoms with van der Waals surface area (Å²) in [5.41, 5.74) is 0.895. The van der Waals surface area contributed by atoms with Crippen LogP contribution < -0.4 is 14.9 Å². The topological polar surface area (TPSA) is 91.6 Å². The van der Waals surface area contributed by atoms with Crippen LogP contribution in [0.5, 0.6) is 0 Å². The molecule has 0 bridgehead atoms. The molecule has 3 aromatic rings. The molecule has 1 saturated heterocycles. The van der Waals surface area contributed by atoms with Crippen LogP contribution in [0.2, 0.25) is 0 Å². The van der Waals surface area contributed by atoms with Crippen LogP contribution in [0.1, 0.15) is 31.2 Å². The third-order valence-electron chi connectivity index (χ3n) is 6.32. The van der Waals surface area contributed by atoms with Crippen LogP contribution in [0, 0.1) is 0 Å². The van der Waals surface area contributed by atoms with Crippen molar-refractivity contribution in [3.8, 4) is 10.7 Å². The Morgan fingerprint density at radius 3 is 2.46 bits per heavy atom. The molecule has 0 radical (unpaired) electrons. The molecule has 0 aromatic carbocycles. The van der Waals surface area contributed by atoms with E-state index in [1.165, 1.54) is 12.3 Å². The fourth-order valence-corrected chi connectivity index (χ4v) is 6.47. The quantitative estimate of drug-likeness (QED) is 0.433. The van der Waals surface area contributed by atoms with E-state index < -0.39 is 52.4 Å². The molecule has 14 heteroatoms. The van der Waals surface area contributed by atoms with E-state index in [0.29, 0.717) is 41.1 Å². The maximum atomic E-state index is 13.5. The van der Waals surface area contributed by atoms with Crippen molar-refractivity contribution < 1.29 is 26.0 Å². The summed E-state index contributed by atoms with van der Waals surface area (Å²) in [6.07, 6.45) is 0.0583. The van der Waals surface area contributed by atoms with E-state index in [9.17, 15) is 26.0 Å². The van der Waals surface area contributed by atoms with Gasteiger partial charge in [0.25, 0.3) is 6.43 Å². The highest BCUT2D eigenvalue weighted by Crippen LogP contribution is 2.38. The van der Waals surface area contributed by atoms with E-state index in [1.54, 1.807) is 21.4 Å². The summed E-state index contributed by atoms with van der Waals surface area (Å²) in [6, 6.07) is 3.59. The monoisotopic (exact) mass is 532 g/mol. The number of halogens is 4. The molecule has 0 unspecified atom stereocenters. The second kappa shape index (κ2) is 8.98.